The number of hydrogen-bond donors (Lipinski definition) is 0. The van der Waals surface area contributed by atoms with Gasteiger partial charge in [-0.15, -0.1) is 0 Å². The Hall–Kier alpha value is -3.21. The van der Waals surface area contributed by atoms with Crippen molar-refractivity contribution in [3.05, 3.63) is 58.7 Å². The average molecular weight is 465 g/mol. The van der Waals surface area contributed by atoms with E-state index in [-0.39, 0.29) is 5.78 Å². The predicted molar refractivity (Wildman–Crippen MR) is 137 cm³/mol. The molecule has 0 radical (unpaired) electrons. The van der Waals surface area contributed by atoms with E-state index in [9.17, 15) is 4.79 Å². The third-order valence-corrected chi connectivity index (χ3v) is 5.82. The largest absolute Gasteiger partial charge is 0.493 e. The first-order chi connectivity index (χ1) is 16.6. The van der Waals surface area contributed by atoms with E-state index in [1.165, 1.54) is 0 Å². The summed E-state index contributed by atoms with van der Waals surface area (Å²) in [5, 5.41) is 0. The molecule has 0 aliphatic heterocycles. The van der Waals surface area contributed by atoms with E-state index in [1.54, 1.807) is 14.2 Å². The van der Waals surface area contributed by atoms with E-state index in [0.717, 1.165) is 72.3 Å². The van der Waals surface area contributed by atoms with Crippen molar-refractivity contribution in [3.63, 3.8) is 0 Å². The molecule has 0 atom stereocenters. The molecule has 0 amide bonds. The Balaban J connectivity index is 1.74. The van der Waals surface area contributed by atoms with Gasteiger partial charge in [0.15, 0.2) is 28.8 Å². The van der Waals surface area contributed by atoms with E-state index in [2.05, 4.69) is 13.8 Å². The summed E-state index contributed by atoms with van der Waals surface area (Å²) < 4.78 is 22.6. The Morgan fingerprint density at radius 3 is 1.53 bits per heavy atom. The highest BCUT2D eigenvalue weighted by Gasteiger charge is 2.23. The Morgan fingerprint density at radius 1 is 0.706 bits per heavy atom. The fourth-order valence-corrected chi connectivity index (χ4v) is 3.82. The number of rotatable bonds is 12. The van der Waals surface area contributed by atoms with Gasteiger partial charge in [-0.1, -0.05) is 38.8 Å². The zero-order valence-corrected chi connectivity index (χ0v) is 20.8. The molecular weight excluding hydrogens is 428 g/mol. The van der Waals surface area contributed by atoms with Gasteiger partial charge in [-0.3, -0.25) is 4.79 Å². The number of allylic oxidation sites excluding steroid dienone is 2. The first-order valence-corrected chi connectivity index (χ1v) is 12.2. The van der Waals surface area contributed by atoms with Gasteiger partial charge in [0.05, 0.1) is 27.4 Å². The van der Waals surface area contributed by atoms with E-state index in [0.29, 0.717) is 24.7 Å². The van der Waals surface area contributed by atoms with Gasteiger partial charge < -0.3 is 18.9 Å². The molecule has 1 aliphatic rings. The van der Waals surface area contributed by atoms with Crippen LogP contribution in [0.25, 0.3) is 12.2 Å². The smallest absolute Gasteiger partial charge is 0.185 e. The van der Waals surface area contributed by atoms with Crippen molar-refractivity contribution in [2.24, 2.45) is 0 Å². The SMILES string of the molecule is CCCCOc1ccc(C=C2CCC(=Cc3ccc(OCCCC)c(OC)c3)C2=O)cc1OC. The second kappa shape index (κ2) is 12.9. The molecular formula is C29H36O5. The summed E-state index contributed by atoms with van der Waals surface area (Å²) in [6, 6.07) is 11.6. The van der Waals surface area contributed by atoms with E-state index in [4.69, 9.17) is 18.9 Å². The highest BCUT2D eigenvalue weighted by Crippen LogP contribution is 2.34. The molecule has 0 unspecified atom stereocenters. The number of ether oxygens (including phenoxy) is 4. The van der Waals surface area contributed by atoms with Crippen molar-refractivity contribution in [1.82, 2.24) is 0 Å². The van der Waals surface area contributed by atoms with Crippen molar-refractivity contribution in [1.29, 1.82) is 0 Å². The fourth-order valence-electron chi connectivity index (χ4n) is 3.82. The van der Waals surface area contributed by atoms with Gasteiger partial charge in [0.25, 0.3) is 0 Å². The van der Waals surface area contributed by atoms with E-state index < -0.39 is 0 Å². The van der Waals surface area contributed by atoms with Crippen LogP contribution in [-0.4, -0.2) is 33.2 Å². The lowest BCUT2D eigenvalue weighted by atomic mass is 10.1. The van der Waals surface area contributed by atoms with E-state index >= 15 is 0 Å². The predicted octanol–water partition coefficient (Wildman–Crippen LogP) is 6.89. The molecule has 5 nitrogen and oxygen atoms in total. The Morgan fingerprint density at radius 2 is 1.15 bits per heavy atom. The molecule has 3 rings (SSSR count). The quantitative estimate of drug-likeness (QED) is 0.253. The van der Waals surface area contributed by atoms with E-state index in [1.807, 2.05) is 48.6 Å². The maximum absolute atomic E-state index is 13.1. The molecule has 1 saturated carbocycles. The minimum Gasteiger partial charge on any atom is -0.493 e. The third-order valence-electron chi connectivity index (χ3n) is 5.82. The normalized spacial score (nSPS) is 15.7. The fraction of sp³-hybridized carbons (Fsp3) is 0.414. The second-order valence-electron chi connectivity index (χ2n) is 8.39. The van der Waals surface area contributed by atoms with Gasteiger partial charge in [-0.25, -0.2) is 0 Å². The molecule has 2 aromatic carbocycles. The molecule has 0 N–H and O–H groups in total. The third kappa shape index (κ3) is 6.66. The number of methoxy groups -OCH3 is 2. The number of carbonyl (C=O) groups excluding carboxylic acids is 1. The summed E-state index contributed by atoms with van der Waals surface area (Å²) >= 11 is 0. The molecule has 0 saturated heterocycles. The molecule has 0 heterocycles. The van der Waals surface area contributed by atoms with Crippen molar-refractivity contribution < 1.29 is 23.7 Å². The molecule has 1 fully saturated rings. The number of hydrogen-bond acceptors (Lipinski definition) is 5. The van der Waals surface area contributed by atoms with Crippen molar-refractivity contribution >= 4 is 17.9 Å². The monoisotopic (exact) mass is 464 g/mol. The molecule has 182 valence electrons. The minimum absolute atomic E-state index is 0.0875. The van der Waals surface area contributed by atoms with Gasteiger partial charge in [0.1, 0.15) is 0 Å². The number of ketones is 1. The number of unbranched alkanes of at least 4 members (excludes halogenated alkanes) is 2. The van der Waals surface area contributed by atoms with Gasteiger partial charge in [-0.2, -0.15) is 0 Å². The van der Waals surface area contributed by atoms with Crippen LogP contribution < -0.4 is 18.9 Å². The Bertz CT molecular complexity index is 953. The Labute approximate surface area is 203 Å². The maximum Gasteiger partial charge on any atom is 0.185 e. The van der Waals surface area contributed by atoms with Crippen molar-refractivity contribution in [3.8, 4) is 23.0 Å². The lowest BCUT2D eigenvalue weighted by Gasteiger charge is -2.11. The van der Waals surface area contributed by atoms with Crippen LogP contribution in [0, 0.1) is 0 Å². The summed E-state index contributed by atoms with van der Waals surface area (Å²) in [4.78, 5) is 13.1. The van der Waals surface area contributed by atoms with Crippen LogP contribution >= 0.6 is 0 Å². The number of benzene rings is 2. The maximum atomic E-state index is 13.1. The van der Waals surface area contributed by atoms with Crippen molar-refractivity contribution in [2.75, 3.05) is 27.4 Å². The molecule has 2 aromatic rings. The van der Waals surface area contributed by atoms with Gasteiger partial charge in [0, 0.05) is 11.1 Å². The molecule has 0 spiro atoms. The summed E-state index contributed by atoms with van der Waals surface area (Å²) in [7, 11) is 3.27. The lowest BCUT2D eigenvalue weighted by molar-refractivity contribution is -0.111. The number of Topliss-reactive ketones (excluding diaryl/α,β-unsaturated/α-hetero) is 1. The van der Waals surface area contributed by atoms with Crippen LogP contribution in [-0.2, 0) is 4.79 Å². The number of carbonyl (C=O) groups is 1. The average Bonchev–Trinajstić information content (AvgIpc) is 3.19. The van der Waals surface area contributed by atoms with Crippen LogP contribution in [0.2, 0.25) is 0 Å². The van der Waals surface area contributed by atoms with Gasteiger partial charge >= 0.3 is 0 Å². The van der Waals surface area contributed by atoms with Crippen LogP contribution in [0.1, 0.15) is 63.5 Å². The molecule has 34 heavy (non-hydrogen) atoms. The molecule has 5 heteroatoms. The van der Waals surface area contributed by atoms with Gasteiger partial charge in [0.2, 0.25) is 0 Å². The highest BCUT2D eigenvalue weighted by atomic mass is 16.5. The second-order valence-corrected chi connectivity index (χ2v) is 8.39. The standard InChI is InChI=1S/C29H36O5/c1-5-7-15-33-25-13-9-21(19-27(25)31-3)17-23-11-12-24(29(23)30)18-22-10-14-26(28(20-22)32-4)34-16-8-6-2/h9-10,13-14,17-20H,5-8,11-12,15-16H2,1-4H3. The highest BCUT2D eigenvalue weighted by molar-refractivity contribution is 6.15. The summed E-state index contributed by atoms with van der Waals surface area (Å²) in [6.07, 6.45) is 9.49. The molecule has 1 aliphatic carbocycles. The molecule has 0 aromatic heterocycles. The van der Waals surface area contributed by atoms with Gasteiger partial charge in [-0.05, 0) is 73.2 Å². The summed E-state index contributed by atoms with van der Waals surface area (Å²) in [5.41, 5.74) is 3.47. The Kier molecular flexibility index (Phi) is 9.62. The summed E-state index contributed by atoms with van der Waals surface area (Å²) in [5.74, 6) is 2.91. The summed E-state index contributed by atoms with van der Waals surface area (Å²) in [6.45, 7) is 5.59. The first-order valence-electron chi connectivity index (χ1n) is 12.2. The van der Waals surface area contributed by atoms with Crippen molar-refractivity contribution in [2.45, 2.75) is 52.4 Å². The topological polar surface area (TPSA) is 54.0 Å². The lowest BCUT2D eigenvalue weighted by Crippen LogP contribution is -2.00. The van der Waals surface area contributed by atoms with Crippen LogP contribution in [0.15, 0.2) is 47.5 Å². The first kappa shape index (κ1) is 25.4. The van der Waals surface area contributed by atoms with Crippen LogP contribution in [0.4, 0.5) is 0 Å². The van der Waals surface area contributed by atoms with Crippen LogP contribution in [0.3, 0.4) is 0 Å². The van der Waals surface area contributed by atoms with Crippen LogP contribution in [0.5, 0.6) is 23.0 Å². The zero-order chi connectivity index (χ0) is 24.3. The molecule has 0 bridgehead atoms. The zero-order valence-electron chi connectivity index (χ0n) is 20.8. The minimum atomic E-state index is 0.0875.